The van der Waals surface area contributed by atoms with E-state index in [1.807, 2.05) is 0 Å². The van der Waals surface area contributed by atoms with Crippen molar-refractivity contribution in [2.45, 2.75) is 0 Å². The Kier molecular flexibility index (Phi) is 0.917. The molecule has 3 heteroatoms. The van der Waals surface area contributed by atoms with Gasteiger partial charge in [-0.2, -0.15) is 0 Å². The number of hydrogen-bond donors (Lipinski definition) is 1. The number of aromatic nitrogens is 1. The van der Waals surface area contributed by atoms with Crippen LogP contribution in [-0.4, -0.2) is 5.16 Å². The highest BCUT2D eigenvalue weighted by molar-refractivity contribution is 5.86. The largest absolute Gasteiger partial charge is 0.380 e. The molecule has 1 aromatic carbocycles. The van der Waals surface area contributed by atoms with Gasteiger partial charge < -0.3 is 10.3 Å². The lowest BCUT2D eigenvalue weighted by Crippen LogP contribution is -1.82. The molecule has 0 spiro atoms. The zero-order valence-electron chi connectivity index (χ0n) is 5.16. The molecule has 0 aliphatic heterocycles. The zero-order valence-corrected chi connectivity index (χ0v) is 5.16. The summed E-state index contributed by atoms with van der Waals surface area (Å²) in [6, 6.07) is 8.17. The maximum Gasteiger partial charge on any atom is 0.174 e. The van der Waals surface area contributed by atoms with E-state index in [-0.39, 0.29) is 0 Å². The number of anilines is 1. The van der Waals surface area contributed by atoms with Crippen molar-refractivity contribution >= 4 is 16.8 Å². The fourth-order valence-electron chi connectivity index (χ4n) is 0.843. The van der Waals surface area contributed by atoms with Gasteiger partial charge in [0.1, 0.15) is 0 Å². The highest BCUT2D eigenvalue weighted by Crippen LogP contribution is 2.17. The van der Waals surface area contributed by atoms with Gasteiger partial charge in [0.2, 0.25) is 0 Å². The Bertz CT molecular complexity index is 353. The van der Waals surface area contributed by atoms with Crippen molar-refractivity contribution in [2.75, 3.05) is 5.73 Å². The van der Waals surface area contributed by atoms with Crippen LogP contribution in [0.2, 0.25) is 0 Å². The maximum absolute atomic E-state index is 5.45. The Morgan fingerprint density at radius 3 is 3.30 bits per heavy atom. The minimum atomic E-state index is 0.423. The van der Waals surface area contributed by atoms with Crippen molar-refractivity contribution in [1.29, 1.82) is 0 Å². The predicted octanol–water partition coefficient (Wildman–Crippen LogP) is 1.21. The van der Waals surface area contributed by atoms with E-state index in [0.717, 1.165) is 5.39 Å². The topological polar surface area (TPSA) is 52.0 Å². The van der Waals surface area contributed by atoms with Gasteiger partial charge in [-0.05, 0) is 18.2 Å². The molecule has 0 saturated carbocycles. The fourth-order valence-corrected chi connectivity index (χ4v) is 0.843. The summed E-state index contributed by atoms with van der Waals surface area (Å²) in [5.74, 6) is 0.423. The molecule has 2 N–H and O–H groups in total. The lowest BCUT2D eigenvalue weighted by molar-refractivity contribution is 0.460. The summed E-state index contributed by atoms with van der Waals surface area (Å²) in [4.78, 5) is 0. The van der Waals surface area contributed by atoms with Crippen LogP contribution in [0.3, 0.4) is 0 Å². The molecule has 10 heavy (non-hydrogen) atoms. The molecule has 1 radical (unpaired) electrons. The number of nitrogen functional groups attached to an aromatic ring is 1. The molecule has 0 saturated heterocycles. The molecular formula is C7H5N2O. The highest BCUT2D eigenvalue weighted by Gasteiger charge is 2.00. The van der Waals surface area contributed by atoms with E-state index in [0.29, 0.717) is 11.4 Å². The number of fused-ring (bicyclic) bond motifs is 1. The van der Waals surface area contributed by atoms with Crippen LogP contribution >= 0.6 is 0 Å². The Morgan fingerprint density at radius 2 is 2.50 bits per heavy atom. The molecule has 1 aromatic heterocycles. The number of nitrogens with zero attached hydrogens (tertiary/aromatic N) is 1. The fraction of sp³-hybridized carbons (Fsp3) is 0. The van der Waals surface area contributed by atoms with Crippen molar-refractivity contribution in [2.24, 2.45) is 0 Å². The second kappa shape index (κ2) is 1.73. The Morgan fingerprint density at radius 1 is 1.60 bits per heavy atom. The molecule has 0 unspecified atom stereocenters. The average molecular weight is 133 g/mol. The van der Waals surface area contributed by atoms with Gasteiger partial charge in [0.05, 0.1) is 5.39 Å². The standard InChI is InChI=1S/C7H5N2O/c8-7-5-3-1-2-4-6(5)10-9-7/h2-4H,(H2,8,9). The van der Waals surface area contributed by atoms with E-state index < -0.39 is 0 Å². The molecule has 0 fully saturated rings. The van der Waals surface area contributed by atoms with Gasteiger partial charge in [0.15, 0.2) is 11.4 Å². The van der Waals surface area contributed by atoms with Crippen LogP contribution in [0.15, 0.2) is 22.7 Å². The zero-order chi connectivity index (χ0) is 6.97. The van der Waals surface area contributed by atoms with Crippen LogP contribution in [0.5, 0.6) is 0 Å². The van der Waals surface area contributed by atoms with Crippen LogP contribution < -0.4 is 5.73 Å². The first-order valence-electron chi connectivity index (χ1n) is 2.89. The smallest absolute Gasteiger partial charge is 0.174 e. The normalized spacial score (nSPS) is 10.4. The minimum absolute atomic E-state index is 0.423. The number of rotatable bonds is 0. The molecule has 0 bridgehead atoms. The number of hydrogen-bond acceptors (Lipinski definition) is 3. The van der Waals surface area contributed by atoms with E-state index in [2.05, 4.69) is 11.2 Å². The monoisotopic (exact) mass is 133 g/mol. The molecule has 1 heterocycles. The molecule has 2 rings (SSSR count). The Labute approximate surface area is 57.4 Å². The molecule has 3 nitrogen and oxygen atoms in total. The van der Waals surface area contributed by atoms with Gasteiger partial charge in [0, 0.05) is 0 Å². The van der Waals surface area contributed by atoms with Gasteiger partial charge in [-0.25, -0.2) is 0 Å². The first-order valence-corrected chi connectivity index (χ1v) is 2.89. The van der Waals surface area contributed by atoms with Crippen LogP contribution in [0.25, 0.3) is 11.0 Å². The van der Waals surface area contributed by atoms with E-state index in [1.54, 1.807) is 18.2 Å². The van der Waals surface area contributed by atoms with Crippen molar-refractivity contribution in [3.8, 4) is 0 Å². The first-order chi connectivity index (χ1) is 4.88. The van der Waals surface area contributed by atoms with Crippen LogP contribution in [0.4, 0.5) is 5.82 Å². The summed E-state index contributed by atoms with van der Waals surface area (Å²) in [6.45, 7) is 0. The van der Waals surface area contributed by atoms with Crippen molar-refractivity contribution in [1.82, 2.24) is 5.16 Å². The van der Waals surface area contributed by atoms with E-state index in [1.165, 1.54) is 0 Å². The highest BCUT2D eigenvalue weighted by atomic mass is 16.5. The minimum Gasteiger partial charge on any atom is -0.380 e. The van der Waals surface area contributed by atoms with E-state index in [4.69, 9.17) is 10.3 Å². The lowest BCUT2D eigenvalue weighted by Gasteiger charge is -1.81. The SMILES string of the molecule is Nc1noc2cc[c]cc12. The summed E-state index contributed by atoms with van der Waals surface area (Å²) in [7, 11) is 0. The molecule has 0 amide bonds. The summed E-state index contributed by atoms with van der Waals surface area (Å²) in [5.41, 5.74) is 6.16. The molecule has 0 aliphatic rings. The molecule has 2 aromatic rings. The van der Waals surface area contributed by atoms with Crippen molar-refractivity contribution in [3.05, 3.63) is 24.3 Å². The van der Waals surface area contributed by atoms with Gasteiger partial charge in [-0.3, -0.25) is 0 Å². The van der Waals surface area contributed by atoms with Crippen molar-refractivity contribution in [3.63, 3.8) is 0 Å². The third-order valence-corrected chi connectivity index (χ3v) is 1.34. The van der Waals surface area contributed by atoms with Gasteiger partial charge in [0.25, 0.3) is 0 Å². The number of benzene rings is 1. The maximum atomic E-state index is 5.45. The third-order valence-electron chi connectivity index (χ3n) is 1.34. The molecular weight excluding hydrogens is 128 g/mol. The summed E-state index contributed by atoms with van der Waals surface area (Å²) < 4.78 is 4.85. The van der Waals surface area contributed by atoms with Crippen LogP contribution in [-0.2, 0) is 0 Å². The first kappa shape index (κ1) is 5.29. The van der Waals surface area contributed by atoms with Gasteiger partial charge in [-0.1, -0.05) is 11.2 Å². The lowest BCUT2D eigenvalue weighted by atomic mass is 10.2. The van der Waals surface area contributed by atoms with Crippen molar-refractivity contribution < 1.29 is 4.52 Å². The Hall–Kier alpha value is -1.51. The third kappa shape index (κ3) is 0.572. The van der Waals surface area contributed by atoms with Crippen LogP contribution in [0, 0.1) is 6.07 Å². The molecule has 49 valence electrons. The van der Waals surface area contributed by atoms with E-state index in [9.17, 15) is 0 Å². The molecule has 0 aliphatic carbocycles. The average Bonchev–Trinajstić information content (AvgIpc) is 2.34. The van der Waals surface area contributed by atoms with Gasteiger partial charge in [-0.15, -0.1) is 0 Å². The summed E-state index contributed by atoms with van der Waals surface area (Å²) >= 11 is 0. The summed E-state index contributed by atoms with van der Waals surface area (Å²) in [6.07, 6.45) is 0. The summed E-state index contributed by atoms with van der Waals surface area (Å²) in [5, 5.41) is 4.40. The van der Waals surface area contributed by atoms with Gasteiger partial charge >= 0.3 is 0 Å². The second-order valence-electron chi connectivity index (χ2n) is 1.99. The Balaban J connectivity index is 2.93. The van der Waals surface area contributed by atoms with Crippen LogP contribution in [0.1, 0.15) is 0 Å². The van der Waals surface area contributed by atoms with E-state index >= 15 is 0 Å². The quantitative estimate of drug-likeness (QED) is 0.587. The second-order valence-corrected chi connectivity index (χ2v) is 1.99. The predicted molar refractivity (Wildman–Crippen MR) is 37.3 cm³/mol. The number of nitrogens with two attached hydrogens (primary N) is 1. The molecule has 0 atom stereocenters.